The molecule has 25 heavy (non-hydrogen) atoms. The van der Waals surface area contributed by atoms with Crippen molar-refractivity contribution in [2.75, 3.05) is 12.4 Å². The van der Waals surface area contributed by atoms with Gasteiger partial charge in [-0.05, 0) is 25.0 Å². The molecular formula is C19H20N2O3S. The van der Waals surface area contributed by atoms with Crippen LogP contribution in [-0.4, -0.2) is 24.2 Å². The summed E-state index contributed by atoms with van der Waals surface area (Å²) in [6.45, 7) is 7.42. The number of hydrogen-bond donors (Lipinski definition) is 1. The minimum absolute atomic E-state index is 0.173. The largest absolute Gasteiger partial charge is 0.465 e. The number of rotatable bonds is 6. The maximum atomic E-state index is 12.6. The number of nitrogens with zero attached hydrogens (tertiary/aromatic N) is 1. The van der Waals surface area contributed by atoms with Crippen LogP contribution < -0.4 is 5.32 Å². The number of nitriles is 1. The highest BCUT2D eigenvalue weighted by molar-refractivity contribution is 8.03. The third kappa shape index (κ3) is 3.94. The number of amides is 1. The number of hydrogen-bond acceptors (Lipinski definition) is 5. The van der Waals surface area contributed by atoms with Gasteiger partial charge in [0.15, 0.2) is 0 Å². The predicted octanol–water partition coefficient (Wildman–Crippen LogP) is 3.04. The van der Waals surface area contributed by atoms with Gasteiger partial charge in [-0.1, -0.05) is 30.3 Å². The highest BCUT2D eigenvalue weighted by Gasteiger charge is 2.44. The van der Waals surface area contributed by atoms with Crippen LogP contribution in [0.5, 0.6) is 0 Å². The molecule has 0 aliphatic carbocycles. The molecule has 1 aromatic rings. The molecule has 1 aliphatic heterocycles. The quantitative estimate of drug-likeness (QED) is 0.481. The van der Waals surface area contributed by atoms with Gasteiger partial charge >= 0.3 is 5.97 Å². The minimum atomic E-state index is -1.08. The first-order valence-electron chi connectivity index (χ1n) is 7.96. The fraction of sp³-hybridized carbons (Fsp3) is 0.316. The number of ether oxygens (including phenoxy) is 1. The standard InChI is InChI=1S/C19H20N2O3S/c1-4-10-25-18-14(11-20)15(13-9-7-6-8-12(13)3)16(17(22)21-18)19(23)24-5-2/h4,6-9,15-16H,1,5,10H2,2-3H3,(H,21,22)/t15-,16+/m0/s1. The maximum absolute atomic E-state index is 12.6. The summed E-state index contributed by atoms with van der Waals surface area (Å²) in [6.07, 6.45) is 1.69. The Bertz CT molecular complexity index is 764. The number of nitrogens with one attached hydrogen (secondary N) is 1. The van der Waals surface area contributed by atoms with Crippen molar-refractivity contribution in [2.24, 2.45) is 5.92 Å². The molecular weight excluding hydrogens is 336 g/mol. The minimum Gasteiger partial charge on any atom is -0.465 e. The first-order chi connectivity index (χ1) is 12.0. The van der Waals surface area contributed by atoms with Gasteiger partial charge in [0.1, 0.15) is 5.92 Å². The van der Waals surface area contributed by atoms with Crippen LogP contribution in [0.15, 0.2) is 47.5 Å². The summed E-state index contributed by atoms with van der Waals surface area (Å²) in [5.41, 5.74) is 2.07. The zero-order chi connectivity index (χ0) is 18.4. The van der Waals surface area contributed by atoms with E-state index in [2.05, 4.69) is 18.0 Å². The van der Waals surface area contributed by atoms with Gasteiger partial charge < -0.3 is 10.1 Å². The van der Waals surface area contributed by atoms with Gasteiger partial charge in [0.05, 0.1) is 23.3 Å². The Morgan fingerprint density at radius 2 is 2.20 bits per heavy atom. The average molecular weight is 356 g/mol. The van der Waals surface area contributed by atoms with Gasteiger partial charge in [-0.2, -0.15) is 5.26 Å². The molecule has 1 aliphatic rings. The van der Waals surface area contributed by atoms with Crippen molar-refractivity contribution in [3.63, 3.8) is 0 Å². The molecule has 0 unspecified atom stereocenters. The maximum Gasteiger partial charge on any atom is 0.319 e. The number of aryl methyl sites for hydroxylation is 1. The topological polar surface area (TPSA) is 79.2 Å². The first-order valence-corrected chi connectivity index (χ1v) is 8.94. The smallest absolute Gasteiger partial charge is 0.319 e. The van der Waals surface area contributed by atoms with Crippen LogP contribution in [0.4, 0.5) is 0 Å². The zero-order valence-electron chi connectivity index (χ0n) is 14.2. The molecule has 0 bridgehead atoms. The number of benzene rings is 1. The van der Waals surface area contributed by atoms with Crippen molar-refractivity contribution in [3.05, 3.63) is 58.6 Å². The van der Waals surface area contributed by atoms with Gasteiger partial charge in [-0.15, -0.1) is 18.3 Å². The molecule has 0 radical (unpaired) electrons. The van der Waals surface area contributed by atoms with Crippen LogP contribution in [0, 0.1) is 24.2 Å². The van der Waals surface area contributed by atoms with Crippen molar-refractivity contribution >= 4 is 23.6 Å². The highest BCUT2D eigenvalue weighted by Crippen LogP contribution is 2.41. The lowest BCUT2D eigenvalue weighted by atomic mass is 9.77. The van der Waals surface area contributed by atoms with Crippen LogP contribution in [0.2, 0.25) is 0 Å². The van der Waals surface area contributed by atoms with Gasteiger partial charge in [-0.25, -0.2) is 0 Å². The number of esters is 1. The summed E-state index contributed by atoms with van der Waals surface area (Å²) in [7, 11) is 0. The first kappa shape index (κ1) is 18.8. The van der Waals surface area contributed by atoms with E-state index < -0.39 is 23.7 Å². The van der Waals surface area contributed by atoms with Crippen LogP contribution >= 0.6 is 11.8 Å². The number of carbonyl (C=O) groups is 2. The van der Waals surface area contributed by atoms with E-state index in [4.69, 9.17) is 4.74 Å². The average Bonchev–Trinajstić information content (AvgIpc) is 2.59. The molecule has 0 spiro atoms. The molecule has 1 amide bonds. The van der Waals surface area contributed by atoms with E-state index in [0.717, 1.165) is 11.1 Å². The second-order valence-electron chi connectivity index (χ2n) is 5.51. The lowest BCUT2D eigenvalue weighted by molar-refractivity contribution is -0.152. The van der Waals surface area contributed by atoms with Gasteiger partial charge in [-0.3, -0.25) is 9.59 Å². The van der Waals surface area contributed by atoms with E-state index in [1.165, 1.54) is 11.8 Å². The molecule has 0 fully saturated rings. The molecule has 2 rings (SSSR count). The van der Waals surface area contributed by atoms with E-state index in [-0.39, 0.29) is 6.61 Å². The molecule has 0 saturated carbocycles. The Hall–Kier alpha value is -2.52. The zero-order valence-corrected chi connectivity index (χ0v) is 15.1. The summed E-state index contributed by atoms with van der Waals surface area (Å²) in [5, 5.41) is 12.9. The van der Waals surface area contributed by atoms with Crippen LogP contribution in [0.25, 0.3) is 0 Å². The molecule has 0 aromatic heterocycles. The van der Waals surface area contributed by atoms with Crippen molar-refractivity contribution in [2.45, 2.75) is 19.8 Å². The number of carbonyl (C=O) groups excluding carboxylic acids is 2. The van der Waals surface area contributed by atoms with E-state index in [0.29, 0.717) is 16.4 Å². The molecule has 0 saturated heterocycles. The van der Waals surface area contributed by atoms with Gasteiger partial charge in [0.25, 0.3) is 0 Å². The number of allylic oxidation sites excluding steroid dienone is 1. The Labute approximate surface area is 151 Å². The van der Waals surface area contributed by atoms with Crippen LogP contribution in [0.3, 0.4) is 0 Å². The Kier molecular flexibility index (Phi) is 6.43. The third-order valence-corrected chi connectivity index (χ3v) is 4.95. The number of thioether (sulfide) groups is 1. The fourth-order valence-corrected chi connectivity index (χ4v) is 3.62. The molecule has 5 nitrogen and oxygen atoms in total. The van der Waals surface area contributed by atoms with E-state index in [9.17, 15) is 14.9 Å². The predicted molar refractivity (Wildman–Crippen MR) is 97.5 cm³/mol. The fourth-order valence-electron chi connectivity index (χ4n) is 2.84. The van der Waals surface area contributed by atoms with Crippen molar-refractivity contribution in [1.29, 1.82) is 5.26 Å². The lowest BCUT2D eigenvalue weighted by Gasteiger charge is -2.31. The lowest BCUT2D eigenvalue weighted by Crippen LogP contribution is -2.44. The van der Waals surface area contributed by atoms with Crippen molar-refractivity contribution in [3.8, 4) is 6.07 Å². The second kappa shape index (κ2) is 8.54. The van der Waals surface area contributed by atoms with Gasteiger partial charge in [0.2, 0.25) is 5.91 Å². The molecule has 130 valence electrons. The van der Waals surface area contributed by atoms with Crippen LogP contribution in [-0.2, 0) is 14.3 Å². The summed E-state index contributed by atoms with van der Waals surface area (Å²) in [5.74, 6) is -2.26. The summed E-state index contributed by atoms with van der Waals surface area (Å²) >= 11 is 1.32. The van der Waals surface area contributed by atoms with E-state index >= 15 is 0 Å². The van der Waals surface area contributed by atoms with Crippen molar-refractivity contribution in [1.82, 2.24) is 5.32 Å². The summed E-state index contributed by atoms with van der Waals surface area (Å²) in [4.78, 5) is 25.1. The molecule has 1 N–H and O–H groups in total. The van der Waals surface area contributed by atoms with Crippen LogP contribution in [0.1, 0.15) is 24.0 Å². The Morgan fingerprint density at radius 3 is 2.80 bits per heavy atom. The molecule has 6 heteroatoms. The van der Waals surface area contributed by atoms with E-state index in [1.54, 1.807) is 13.0 Å². The second-order valence-corrected chi connectivity index (χ2v) is 6.54. The Balaban J connectivity index is 2.62. The van der Waals surface area contributed by atoms with Crippen molar-refractivity contribution < 1.29 is 14.3 Å². The summed E-state index contributed by atoms with van der Waals surface area (Å²) in [6, 6.07) is 9.65. The highest BCUT2D eigenvalue weighted by atomic mass is 32.2. The normalized spacial score (nSPS) is 19.8. The SMILES string of the molecule is C=CCSC1=C(C#N)[C@H](c2ccccc2C)[C@@H](C(=O)OCC)C(=O)N1. The third-order valence-electron chi connectivity index (χ3n) is 3.94. The van der Waals surface area contributed by atoms with E-state index in [1.807, 2.05) is 31.2 Å². The molecule has 2 atom stereocenters. The Morgan fingerprint density at radius 1 is 1.48 bits per heavy atom. The summed E-state index contributed by atoms with van der Waals surface area (Å²) < 4.78 is 5.10. The molecule has 1 heterocycles. The molecule has 1 aromatic carbocycles. The monoisotopic (exact) mass is 356 g/mol. The van der Waals surface area contributed by atoms with Gasteiger partial charge in [0, 0.05) is 11.7 Å².